The maximum absolute atomic E-state index is 12.5. The molecule has 0 spiro atoms. The van der Waals surface area contributed by atoms with Gasteiger partial charge in [-0.1, -0.05) is 0 Å². The maximum Gasteiger partial charge on any atom is 0.264 e. The van der Waals surface area contributed by atoms with E-state index in [4.69, 9.17) is 5.26 Å². The molecule has 0 aliphatic carbocycles. The van der Waals surface area contributed by atoms with Crippen molar-refractivity contribution in [3.63, 3.8) is 0 Å². The molecular formula is C15H15N5O2S. The first-order valence-corrected chi connectivity index (χ1v) is 8.17. The fraction of sp³-hybridized carbons (Fsp3) is 0.400. The van der Waals surface area contributed by atoms with Gasteiger partial charge in [0, 0.05) is 24.7 Å². The van der Waals surface area contributed by atoms with Crippen LogP contribution < -0.4 is 5.56 Å². The Morgan fingerprint density at radius 3 is 3.04 bits per heavy atom. The average Bonchev–Trinajstić information content (AvgIpc) is 3.00. The van der Waals surface area contributed by atoms with Crippen molar-refractivity contribution < 1.29 is 4.79 Å². The summed E-state index contributed by atoms with van der Waals surface area (Å²) in [6.07, 6.45) is 2.85. The van der Waals surface area contributed by atoms with Crippen molar-refractivity contribution in [1.82, 2.24) is 19.9 Å². The molecule has 1 amide bonds. The molecule has 1 N–H and O–H groups in total. The van der Waals surface area contributed by atoms with E-state index in [0.717, 1.165) is 17.8 Å². The summed E-state index contributed by atoms with van der Waals surface area (Å²) in [5, 5.41) is 11.7. The van der Waals surface area contributed by atoms with Gasteiger partial charge in [0.15, 0.2) is 5.82 Å². The molecule has 2 aromatic heterocycles. The summed E-state index contributed by atoms with van der Waals surface area (Å²) in [7, 11) is 0. The summed E-state index contributed by atoms with van der Waals surface area (Å²) in [6, 6.07) is 2.19. The Morgan fingerprint density at radius 2 is 2.39 bits per heavy atom. The number of H-pyrrole nitrogens is 1. The second-order valence-corrected chi connectivity index (χ2v) is 6.51. The first kappa shape index (κ1) is 15.4. The van der Waals surface area contributed by atoms with Crippen LogP contribution in [-0.4, -0.2) is 38.8 Å². The fourth-order valence-electron chi connectivity index (χ4n) is 2.59. The van der Waals surface area contributed by atoms with Crippen LogP contribution in [-0.2, 0) is 0 Å². The number of nitriles is 1. The number of carbonyl (C=O) groups excluding carboxylic acids is 1. The summed E-state index contributed by atoms with van der Waals surface area (Å²) < 4.78 is 0. The minimum atomic E-state index is -0.482. The number of aromatic amines is 1. The average molecular weight is 329 g/mol. The highest BCUT2D eigenvalue weighted by Crippen LogP contribution is 2.18. The van der Waals surface area contributed by atoms with E-state index in [1.54, 1.807) is 10.3 Å². The zero-order valence-electron chi connectivity index (χ0n) is 12.6. The van der Waals surface area contributed by atoms with Crippen LogP contribution in [0.2, 0.25) is 0 Å². The molecule has 0 saturated carbocycles. The van der Waals surface area contributed by atoms with Crippen LogP contribution in [0.4, 0.5) is 0 Å². The van der Waals surface area contributed by atoms with Crippen molar-refractivity contribution in [2.75, 3.05) is 13.1 Å². The standard InChI is InChI=1S/C15H15N5O2S/c1-9-18-12(8-23-9)13-17-6-11(14(21)19-13)15(22)20-4-2-3-10(5-16)7-20/h6,8,10H,2-4,7H2,1H3,(H,17,19,21)/t10-/m0/s1. The van der Waals surface area contributed by atoms with Crippen LogP contribution in [0.1, 0.15) is 28.2 Å². The number of amides is 1. The summed E-state index contributed by atoms with van der Waals surface area (Å²) in [4.78, 5) is 37.3. The lowest BCUT2D eigenvalue weighted by atomic mass is 9.99. The van der Waals surface area contributed by atoms with Crippen molar-refractivity contribution >= 4 is 17.2 Å². The highest BCUT2D eigenvalue weighted by Gasteiger charge is 2.26. The number of hydrogen-bond donors (Lipinski definition) is 1. The number of thiazole rings is 1. The smallest absolute Gasteiger partial charge is 0.264 e. The number of piperidine rings is 1. The lowest BCUT2D eigenvalue weighted by Crippen LogP contribution is -2.41. The van der Waals surface area contributed by atoms with Crippen LogP contribution in [0.15, 0.2) is 16.4 Å². The van der Waals surface area contributed by atoms with Crippen LogP contribution in [0, 0.1) is 24.2 Å². The van der Waals surface area contributed by atoms with Crippen molar-refractivity contribution in [3.8, 4) is 17.6 Å². The Kier molecular flexibility index (Phi) is 4.21. The van der Waals surface area contributed by atoms with Crippen LogP contribution in [0.25, 0.3) is 11.5 Å². The molecule has 3 rings (SSSR count). The molecule has 2 aromatic rings. The Hall–Kier alpha value is -2.53. The fourth-order valence-corrected chi connectivity index (χ4v) is 3.18. The Bertz CT molecular complexity index is 835. The Balaban J connectivity index is 1.85. The summed E-state index contributed by atoms with van der Waals surface area (Å²) in [5.41, 5.74) is 0.107. The van der Waals surface area contributed by atoms with Crippen LogP contribution in [0.3, 0.4) is 0 Å². The number of hydrogen-bond acceptors (Lipinski definition) is 6. The lowest BCUT2D eigenvalue weighted by molar-refractivity contribution is 0.0696. The molecule has 3 heterocycles. The van der Waals surface area contributed by atoms with Gasteiger partial charge in [0.05, 0.1) is 17.0 Å². The van der Waals surface area contributed by atoms with Crippen molar-refractivity contribution in [2.45, 2.75) is 19.8 Å². The van der Waals surface area contributed by atoms with E-state index in [1.165, 1.54) is 17.5 Å². The zero-order chi connectivity index (χ0) is 16.4. The molecule has 0 bridgehead atoms. The molecule has 0 aromatic carbocycles. The molecule has 0 unspecified atom stereocenters. The summed E-state index contributed by atoms with van der Waals surface area (Å²) in [6.45, 7) is 2.79. The Morgan fingerprint density at radius 1 is 1.57 bits per heavy atom. The molecule has 1 aliphatic heterocycles. The molecule has 1 atom stereocenters. The van der Waals surface area contributed by atoms with Gasteiger partial charge in [0.2, 0.25) is 0 Å². The number of aromatic nitrogens is 3. The second-order valence-electron chi connectivity index (χ2n) is 5.45. The highest BCUT2D eigenvalue weighted by molar-refractivity contribution is 7.09. The second kappa shape index (κ2) is 6.30. The molecule has 8 heteroatoms. The van der Waals surface area contributed by atoms with Gasteiger partial charge in [0.25, 0.3) is 11.5 Å². The van der Waals surface area contributed by atoms with E-state index in [-0.39, 0.29) is 17.4 Å². The third-order valence-electron chi connectivity index (χ3n) is 3.78. The topological polar surface area (TPSA) is 103 Å². The number of carbonyl (C=O) groups is 1. The minimum Gasteiger partial charge on any atom is -0.337 e. The van der Waals surface area contributed by atoms with Crippen LogP contribution >= 0.6 is 11.3 Å². The molecule has 1 saturated heterocycles. The minimum absolute atomic E-state index is 0.000656. The summed E-state index contributed by atoms with van der Waals surface area (Å²) in [5.74, 6) is -0.193. The van der Waals surface area contributed by atoms with Gasteiger partial charge in [0.1, 0.15) is 11.3 Å². The predicted molar refractivity (Wildman–Crippen MR) is 84.9 cm³/mol. The lowest BCUT2D eigenvalue weighted by Gasteiger charge is -2.29. The van der Waals surface area contributed by atoms with Crippen molar-refractivity contribution in [3.05, 3.63) is 32.5 Å². The first-order valence-electron chi connectivity index (χ1n) is 7.29. The van der Waals surface area contributed by atoms with Gasteiger partial charge in [-0.25, -0.2) is 9.97 Å². The van der Waals surface area contributed by atoms with Gasteiger partial charge in [-0.15, -0.1) is 11.3 Å². The molecular weight excluding hydrogens is 314 g/mol. The van der Waals surface area contributed by atoms with E-state index in [9.17, 15) is 9.59 Å². The van der Waals surface area contributed by atoms with Crippen molar-refractivity contribution in [1.29, 1.82) is 5.26 Å². The number of likely N-dealkylation sites (tertiary alicyclic amines) is 1. The predicted octanol–water partition coefficient (Wildman–Crippen LogP) is 1.58. The monoisotopic (exact) mass is 329 g/mol. The van der Waals surface area contributed by atoms with E-state index in [2.05, 4.69) is 21.0 Å². The largest absolute Gasteiger partial charge is 0.337 e. The highest BCUT2D eigenvalue weighted by atomic mass is 32.1. The van der Waals surface area contributed by atoms with Gasteiger partial charge >= 0.3 is 0 Å². The summed E-state index contributed by atoms with van der Waals surface area (Å²) >= 11 is 1.46. The van der Waals surface area contributed by atoms with Gasteiger partial charge in [-0.3, -0.25) is 9.59 Å². The number of rotatable bonds is 2. The van der Waals surface area contributed by atoms with E-state index >= 15 is 0 Å². The van der Waals surface area contributed by atoms with Gasteiger partial charge in [-0.05, 0) is 19.8 Å². The number of nitrogens with zero attached hydrogens (tertiary/aromatic N) is 4. The third-order valence-corrected chi connectivity index (χ3v) is 4.56. The quantitative estimate of drug-likeness (QED) is 0.901. The van der Waals surface area contributed by atoms with Crippen molar-refractivity contribution in [2.24, 2.45) is 5.92 Å². The molecule has 23 heavy (non-hydrogen) atoms. The molecule has 0 radical (unpaired) electrons. The van der Waals surface area contributed by atoms with E-state index in [1.807, 2.05) is 6.92 Å². The zero-order valence-corrected chi connectivity index (χ0v) is 13.4. The van der Waals surface area contributed by atoms with E-state index < -0.39 is 5.56 Å². The van der Waals surface area contributed by atoms with Gasteiger partial charge < -0.3 is 9.88 Å². The third kappa shape index (κ3) is 3.14. The van der Waals surface area contributed by atoms with E-state index in [0.29, 0.717) is 24.6 Å². The number of aryl methyl sites for hydroxylation is 1. The normalized spacial score (nSPS) is 17.7. The van der Waals surface area contributed by atoms with Gasteiger partial charge in [-0.2, -0.15) is 5.26 Å². The first-order chi connectivity index (χ1) is 11.1. The Labute approximate surface area is 136 Å². The molecule has 1 fully saturated rings. The SMILES string of the molecule is Cc1nc(-c2ncc(C(=O)N3CCC[C@@H](C#N)C3)c(=O)[nH]2)cs1. The number of nitrogens with one attached hydrogen (secondary N) is 1. The maximum atomic E-state index is 12.5. The molecule has 118 valence electrons. The van der Waals surface area contributed by atoms with Crippen LogP contribution in [0.5, 0.6) is 0 Å². The molecule has 1 aliphatic rings. The molecule has 7 nitrogen and oxygen atoms in total.